The van der Waals surface area contributed by atoms with Gasteiger partial charge in [-0.3, -0.25) is 0 Å². The van der Waals surface area contributed by atoms with Crippen LogP contribution in [0.15, 0.2) is 18.2 Å². The fourth-order valence-electron chi connectivity index (χ4n) is 1.08. The smallest absolute Gasteiger partial charge is 0.0762 e. The van der Waals surface area contributed by atoms with Crippen LogP contribution < -0.4 is 5.73 Å². The minimum absolute atomic E-state index is 0.433. The van der Waals surface area contributed by atoms with Crippen molar-refractivity contribution in [1.82, 2.24) is 0 Å². The van der Waals surface area contributed by atoms with E-state index in [1.165, 1.54) is 0 Å². The summed E-state index contributed by atoms with van der Waals surface area (Å²) in [6.07, 6.45) is -0.433. The molecule has 0 spiro atoms. The Balaban J connectivity index is 3.08. The summed E-state index contributed by atoms with van der Waals surface area (Å²) in [6, 6.07) is 5.60. The van der Waals surface area contributed by atoms with Crippen molar-refractivity contribution in [2.24, 2.45) is 0 Å². The van der Waals surface area contributed by atoms with E-state index in [-0.39, 0.29) is 0 Å². The zero-order valence-corrected chi connectivity index (χ0v) is 6.83. The number of benzene rings is 1. The van der Waals surface area contributed by atoms with Gasteiger partial charge in [0.1, 0.15) is 0 Å². The number of rotatable bonds is 1. The maximum absolute atomic E-state index is 9.22. The third-order valence-electron chi connectivity index (χ3n) is 1.60. The van der Waals surface area contributed by atoms with Gasteiger partial charge in [-0.2, -0.15) is 0 Å². The molecule has 1 atom stereocenters. The maximum atomic E-state index is 9.22. The quantitative estimate of drug-likeness (QED) is 0.599. The molecule has 0 fully saturated rings. The lowest BCUT2D eigenvalue weighted by Crippen LogP contribution is -1.94. The van der Waals surface area contributed by atoms with E-state index in [4.69, 9.17) is 5.73 Å². The van der Waals surface area contributed by atoms with Gasteiger partial charge in [-0.15, -0.1) is 0 Å². The lowest BCUT2D eigenvalue weighted by atomic mass is 10.1. The molecular weight excluding hydrogens is 138 g/mol. The molecule has 0 aromatic heterocycles. The number of hydrogen-bond acceptors (Lipinski definition) is 2. The zero-order chi connectivity index (χ0) is 8.43. The highest BCUT2D eigenvalue weighted by Gasteiger charge is 2.00. The van der Waals surface area contributed by atoms with Gasteiger partial charge in [0.15, 0.2) is 0 Å². The third kappa shape index (κ3) is 1.95. The largest absolute Gasteiger partial charge is 0.399 e. The van der Waals surface area contributed by atoms with Gasteiger partial charge >= 0.3 is 0 Å². The SMILES string of the molecule is Cc1cc(N)cc(C(C)O)c1. The highest BCUT2D eigenvalue weighted by Crippen LogP contribution is 2.17. The highest BCUT2D eigenvalue weighted by atomic mass is 16.3. The molecule has 1 aromatic carbocycles. The van der Waals surface area contributed by atoms with Gasteiger partial charge in [0.25, 0.3) is 0 Å². The minimum atomic E-state index is -0.433. The van der Waals surface area contributed by atoms with Gasteiger partial charge in [0.2, 0.25) is 0 Å². The van der Waals surface area contributed by atoms with E-state index in [9.17, 15) is 5.11 Å². The molecule has 3 N–H and O–H groups in total. The van der Waals surface area contributed by atoms with Crippen molar-refractivity contribution in [2.45, 2.75) is 20.0 Å². The Labute approximate surface area is 66.7 Å². The van der Waals surface area contributed by atoms with Crippen LogP contribution in [0.25, 0.3) is 0 Å². The van der Waals surface area contributed by atoms with E-state index < -0.39 is 6.10 Å². The predicted octanol–water partition coefficient (Wildman–Crippen LogP) is 1.63. The molecule has 1 aromatic rings. The molecule has 1 unspecified atom stereocenters. The van der Waals surface area contributed by atoms with Gasteiger partial charge in [-0.25, -0.2) is 0 Å². The Morgan fingerprint density at radius 2 is 2.00 bits per heavy atom. The van der Waals surface area contributed by atoms with Crippen molar-refractivity contribution in [3.63, 3.8) is 0 Å². The Morgan fingerprint density at radius 1 is 1.36 bits per heavy atom. The first-order valence-corrected chi connectivity index (χ1v) is 3.64. The van der Waals surface area contributed by atoms with Crippen molar-refractivity contribution in [3.05, 3.63) is 29.3 Å². The van der Waals surface area contributed by atoms with Crippen LogP contribution in [0.5, 0.6) is 0 Å². The number of hydrogen-bond donors (Lipinski definition) is 2. The van der Waals surface area contributed by atoms with Crippen molar-refractivity contribution >= 4 is 5.69 Å². The number of nitrogen functional groups attached to an aromatic ring is 1. The van der Waals surface area contributed by atoms with Gasteiger partial charge in [-0.1, -0.05) is 6.07 Å². The lowest BCUT2D eigenvalue weighted by molar-refractivity contribution is 0.199. The van der Waals surface area contributed by atoms with Gasteiger partial charge in [0.05, 0.1) is 6.10 Å². The van der Waals surface area contributed by atoms with Crippen molar-refractivity contribution in [3.8, 4) is 0 Å². The molecule has 0 saturated carbocycles. The van der Waals surface area contributed by atoms with Crippen molar-refractivity contribution < 1.29 is 5.11 Å². The molecule has 0 aliphatic rings. The molecule has 11 heavy (non-hydrogen) atoms. The first-order chi connectivity index (χ1) is 5.09. The number of aliphatic hydroxyl groups is 1. The molecule has 0 aliphatic heterocycles. The monoisotopic (exact) mass is 151 g/mol. The molecule has 2 heteroatoms. The second-order valence-corrected chi connectivity index (χ2v) is 2.85. The van der Waals surface area contributed by atoms with E-state index in [2.05, 4.69) is 0 Å². The summed E-state index contributed by atoms with van der Waals surface area (Å²) in [7, 11) is 0. The van der Waals surface area contributed by atoms with E-state index in [1.807, 2.05) is 19.1 Å². The number of nitrogens with two attached hydrogens (primary N) is 1. The van der Waals surface area contributed by atoms with Crippen LogP contribution in [-0.4, -0.2) is 5.11 Å². The Hall–Kier alpha value is -1.02. The van der Waals surface area contributed by atoms with Gasteiger partial charge in [0, 0.05) is 5.69 Å². The van der Waals surface area contributed by atoms with E-state index in [1.54, 1.807) is 13.0 Å². The summed E-state index contributed by atoms with van der Waals surface area (Å²) in [4.78, 5) is 0. The third-order valence-corrected chi connectivity index (χ3v) is 1.60. The van der Waals surface area contributed by atoms with Gasteiger partial charge < -0.3 is 10.8 Å². The Bertz CT molecular complexity index is 235. The minimum Gasteiger partial charge on any atom is -0.399 e. The molecule has 0 bridgehead atoms. The number of aryl methyl sites for hydroxylation is 1. The lowest BCUT2D eigenvalue weighted by Gasteiger charge is -2.06. The first kappa shape index (κ1) is 8.08. The first-order valence-electron chi connectivity index (χ1n) is 3.64. The fourth-order valence-corrected chi connectivity index (χ4v) is 1.08. The summed E-state index contributed by atoms with van der Waals surface area (Å²) in [5.74, 6) is 0. The Kier molecular flexibility index (Phi) is 2.15. The summed E-state index contributed by atoms with van der Waals surface area (Å²) in [5, 5.41) is 9.22. The van der Waals surface area contributed by atoms with Crippen LogP contribution in [-0.2, 0) is 0 Å². The van der Waals surface area contributed by atoms with Crippen LogP contribution in [0.1, 0.15) is 24.2 Å². The average molecular weight is 151 g/mol. The molecule has 0 radical (unpaired) electrons. The van der Waals surface area contributed by atoms with Crippen LogP contribution in [0.3, 0.4) is 0 Å². The molecule has 1 rings (SSSR count). The zero-order valence-electron chi connectivity index (χ0n) is 6.83. The molecular formula is C9H13NO. The van der Waals surface area contributed by atoms with Crippen molar-refractivity contribution in [1.29, 1.82) is 0 Å². The fraction of sp³-hybridized carbons (Fsp3) is 0.333. The summed E-state index contributed by atoms with van der Waals surface area (Å²) < 4.78 is 0. The molecule has 2 nitrogen and oxygen atoms in total. The van der Waals surface area contributed by atoms with Gasteiger partial charge in [-0.05, 0) is 37.1 Å². The number of anilines is 1. The molecule has 0 heterocycles. The van der Waals surface area contributed by atoms with E-state index in [0.29, 0.717) is 5.69 Å². The second kappa shape index (κ2) is 2.93. The van der Waals surface area contributed by atoms with Crippen LogP contribution >= 0.6 is 0 Å². The molecule has 0 aliphatic carbocycles. The van der Waals surface area contributed by atoms with E-state index >= 15 is 0 Å². The molecule has 0 amide bonds. The van der Waals surface area contributed by atoms with Crippen molar-refractivity contribution in [2.75, 3.05) is 5.73 Å². The topological polar surface area (TPSA) is 46.2 Å². The summed E-state index contributed by atoms with van der Waals surface area (Å²) >= 11 is 0. The van der Waals surface area contributed by atoms with Crippen LogP contribution in [0, 0.1) is 6.92 Å². The summed E-state index contributed by atoms with van der Waals surface area (Å²) in [6.45, 7) is 3.69. The normalized spacial score (nSPS) is 13.0. The maximum Gasteiger partial charge on any atom is 0.0762 e. The second-order valence-electron chi connectivity index (χ2n) is 2.85. The molecule has 60 valence electrons. The Morgan fingerprint density at radius 3 is 2.45 bits per heavy atom. The van der Waals surface area contributed by atoms with E-state index in [0.717, 1.165) is 11.1 Å². The standard InChI is InChI=1S/C9H13NO/c1-6-3-8(7(2)11)5-9(10)4-6/h3-5,7,11H,10H2,1-2H3. The predicted molar refractivity (Wildman–Crippen MR) is 46.2 cm³/mol. The molecule has 0 saturated heterocycles. The van der Waals surface area contributed by atoms with Crippen LogP contribution in [0.4, 0.5) is 5.69 Å². The van der Waals surface area contributed by atoms with Crippen LogP contribution in [0.2, 0.25) is 0 Å². The summed E-state index contributed by atoms with van der Waals surface area (Å²) in [5.41, 5.74) is 8.26. The highest BCUT2D eigenvalue weighted by molar-refractivity contribution is 5.44. The average Bonchev–Trinajstić information content (AvgIpc) is 1.85. The number of aliphatic hydroxyl groups excluding tert-OH is 1.